The van der Waals surface area contributed by atoms with Crippen LogP contribution < -0.4 is 0 Å². The number of hydrogen-bond donors (Lipinski definition) is 0. The summed E-state index contributed by atoms with van der Waals surface area (Å²) in [6.45, 7) is 2.47. The Kier molecular flexibility index (Phi) is 5.02. The molecule has 5 nitrogen and oxygen atoms in total. The van der Waals surface area contributed by atoms with Crippen molar-refractivity contribution in [2.75, 3.05) is 13.6 Å². The fourth-order valence-electron chi connectivity index (χ4n) is 3.61. The number of aromatic nitrogens is 3. The zero-order valence-electron chi connectivity index (χ0n) is 15.0. The molecule has 0 fully saturated rings. The summed E-state index contributed by atoms with van der Waals surface area (Å²) in [5.41, 5.74) is 3.36. The molecule has 2 aromatic rings. The maximum atomic E-state index is 12.9. The second-order valence-electron chi connectivity index (χ2n) is 6.76. The number of nitrogens with zero attached hydrogens (tertiary/aromatic N) is 5. The summed E-state index contributed by atoms with van der Waals surface area (Å²) >= 11 is 0. The first-order valence-corrected chi connectivity index (χ1v) is 8.54. The summed E-state index contributed by atoms with van der Waals surface area (Å²) in [4.78, 5) is 0. The molecule has 0 saturated heterocycles. The van der Waals surface area contributed by atoms with Gasteiger partial charge < -0.3 is 0 Å². The van der Waals surface area contributed by atoms with Crippen molar-refractivity contribution in [3.8, 4) is 11.3 Å². The van der Waals surface area contributed by atoms with Crippen molar-refractivity contribution in [1.82, 2.24) is 20.0 Å². The van der Waals surface area contributed by atoms with Crippen LogP contribution in [0.3, 0.4) is 0 Å². The highest BCUT2D eigenvalue weighted by molar-refractivity contribution is 5.70. The monoisotopic (exact) mass is 365 g/mol. The number of benzene rings is 1. The number of hydrogen-bond acceptors (Lipinski definition) is 4. The Bertz CT molecular complexity index is 777. The van der Waals surface area contributed by atoms with E-state index in [4.69, 9.17) is 0 Å². The third-order valence-corrected chi connectivity index (χ3v) is 4.80. The number of alkyl halides is 3. The Morgan fingerprint density at radius 1 is 1.23 bits per heavy atom. The molecule has 3 rings (SSSR count). The second-order valence-corrected chi connectivity index (χ2v) is 6.76. The summed E-state index contributed by atoms with van der Waals surface area (Å²) in [5.74, 6) is -0.346. The van der Waals surface area contributed by atoms with Gasteiger partial charge in [0.25, 0.3) is 0 Å². The highest BCUT2D eigenvalue weighted by atomic mass is 19.4. The smallest absolute Gasteiger partial charge is 0.300 e. The second kappa shape index (κ2) is 7.09. The third-order valence-electron chi connectivity index (χ3n) is 4.80. The minimum absolute atomic E-state index is 0.0232. The molecule has 26 heavy (non-hydrogen) atoms. The third kappa shape index (κ3) is 3.89. The molecule has 1 aromatic heterocycles. The van der Waals surface area contributed by atoms with E-state index in [2.05, 4.69) is 15.4 Å². The first-order chi connectivity index (χ1) is 12.3. The molecule has 1 aliphatic rings. The number of halogens is 3. The maximum absolute atomic E-state index is 12.9. The van der Waals surface area contributed by atoms with E-state index in [1.165, 1.54) is 0 Å². The number of aryl methyl sites for hydroxylation is 2. The van der Waals surface area contributed by atoms with E-state index in [1.54, 1.807) is 23.0 Å². The molecule has 2 heterocycles. The SMILES string of the molecule is Cc1nnn(C)c1-c1ccccc1C(CCC(F)(F)F)C1C=NN(C)C1. The van der Waals surface area contributed by atoms with Crippen LogP contribution in [0.5, 0.6) is 0 Å². The first-order valence-electron chi connectivity index (χ1n) is 8.54. The highest BCUT2D eigenvalue weighted by Crippen LogP contribution is 2.39. The van der Waals surface area contributed by atoms with Gasteiger partial charge in [0, 0.05) is 44.8 Å². The van der Waals surface area contributed by atoms with Crippen LogP contribution in [-0.4, -0.2) is 46.0 Å². The number of hydrazone groups is 1. The maximum Gasteiger partial charge on any atom is 0.389 e. The quantitative estimate of drug-likeness (QED) is 0.810. The molecular weight excluding hydrogens is 343 g/mol. The van der Waals surface area contributed by atoms with Crippen molar-refractivity contribution >= 4 is 6.21 Å². The van der Waals surface area contributed by atoms with Gasteiger partial charge in [-0.1, -0.05) is 29.5 Å². The molecule has 0 radical (unpaired) electrons. The summed E-state index contributed by atoms with van der Waals surface area (Å²) in [5, 5.41) is 14.1. The van der Waals surface area contributed by atoms with Crippen molar-refractivity contribution in [1.29, 1.82) is 0 Å². The Morgan fingerprint density at radius 3 is 2.54 bits per heavy atom. The van der Waals surface area contributed by atoms with Gasteiger partial charge in [0.05, 0.1) is 11.4 Å². The van der Waals surface area contributed by atoms with Gasteiger partial charge in [0.1, 0.15) is 0 Å². The Labute approximate surface area is 150 Å². The summed E-state index contributed by atoms with van der Waals surface area (Å²) in [6, 6.07) is 7.60. The lowest BCUT2D eigenvalue weighted by atomic mass is 9.80. The van der Waals surface area contributed by atoms with Crippen molar-refractivity contribution in [2.24, 2.45) is 18.1 Å². The molecule has 0 N–H and O–H groups in total. The molecule has 2 unspecified atom stereocenters. The van der Waals surface area contributed by atoms with Gasteiger partial charge in [-0.15, -0.1) is 5.10 Å². The van der Waals surface area contributed by atoms with Crippen molar-refractivity contribution in [3.63, 3.8) is 0 Å². The molecule has 0 saturated carbocycles. The summed E-state index contributed by atoms with van der Waals surface area (Å²) in [7, 11) is 3.63. The molecule has 2 atom stereocenters. The Morgan fingerprint density at radius 2 is 1.96 bits per heavy atom. The standard InChI is InChI=1S/C18H22F3N5/c1-12-17(26(3)24-23-12)16-7-5-4-6-15(16)14(8-9-18(19,20)21)13-10-22-25(2)11-13/h4-7,10,13-14H,8-9,11H2,1-3H3. The summed E-state index contributed by atoms with van der Waals surface area (Å²) < 4.78 is 40.5. The Balaban J connectivity index is 2.03. The lowest BCUT2D eigenvalue weighted by molar-refractivity contribution is -0.136. The van der Waals surface area contributed by atoms with Gasteiger partial charge in [-0.25, -0.2) is 4.68 Å². The van der Waals surface area contributed by atoms with Gasteiger partial charge in [-0.2, -0.15) is 18.3 Å². The lowest BCUT2D eigenvalue weighted by Gasteiger charge is -2.26. The number of rotatable bonds is 5. The fraction of sp³-hybridized carbons (Fsp3) is 0.500. The fourth-order valence-corrected chi connectivity index (χ4v) is 3.61. The van der Waals surface area contributed by atoms with Gasteiger partial charge in [0.15, 0.2) is 0 Å². The van der Waals surface area contributed by atoms with Crippen LogP contribution in [0, 0.1) is 12.8 Å². The summed E-state index contributed by atoms with van der Waals surface area (Å²) in [6.07, 6.45) is -3.21. The topological polar surface area (TPSA) is 46.3 Å². The van der Waals surface area contributed by atoms with Crippen LogP contribution in [0.4, 0.5) is 13.2 Å². The van der Waals surface area contributed by atoms with Gasteiger partial charge >= 0.3 is 6.18 Å². The van der Waals surface area contributed by atoms with E-state index >= 15 is 0 Å². The predicted octanol–water partition coefficient (Wildman–Crippen LogP) is 3.76. The van der Waals surface area contributed by atoms with E-state index in [1.807, 2.05) is 38.2 Å². The molecule has 1 aromatic carbocycles. The van der Waals surface area contributed by atoms with Gasteiger partial charge in [0.2, 0.25) is 0 Å². The lowest BCUT2D eigenvalue weighted by Crippen LogP contribution is -2.23. The molecule has 1 aliphatic heterocycles. The van der Waals surface area contributed by atoms with Crippen molar-refractivity contribution < 1.29 is 13.2 Å². The van der Waals surface area contributed by atoms with Crippen LogP contribution in [0.2, 0.25) is 0 Å². The Hall–Kier alpha value is -2.38. The average Bonchev–Trinajstić information content (AvgIpc) is 3.13. The van der Waals surface area contributed by atoms with E-state index in [0.29, 0.717) is 6.54 Å². The van der Waals surface area contributed by atoms with Crippen LogP contribution in [-0.2, 0) is 7.05 Å². The molecule has 0 spiro atoms. The largest absolute Gasteiger partial charge is 0.389 e. The van der Waals surface area contributed by atoms with Crippen LogP contribution >= 0.6 is 0 Å². The van der Waals surface area contributed by atoms with Gasteiger partial charge in [-0.05, 0) is 24.8 Å². The van der Waals surface area contributed by atoms with Crippen molar-refractivity contribution in [2.45, 2.75) is 31.9 Å². The normalized spacial score (nSPS) is 18.5. The van der Waals surface area contributed by atoms with E-state index in [9.17, 15) is 13.2 Å². The molecular formula is C18H22F3N5. The molecule has 0 bridgehead atoms. The van der Waals surface area contributed by atoms with E-state index in [-0.39, 0.29) is 18.3 Å². The average molecular weight is 365 g/mol. The minimum atomic E-state index is -4.18. The molecule has 0 amide bonds. The van der Waals surface area contributed by atoms with E-state index < -0.39 is 12.6 Å². The highest BCUT2D eigenvalue weighted by Gasteiger charge is 2.34. The molecule has 0 aliphatic carbocycles. The zero-order chi connectivity index (χ0) is 18.9. The van der Waals surface area contributed by atoms with Crippen LogP contribution in [0.1, 0.15) is 30.0 Å². The molecule has 8 heteroatoms. The van der Waals surface area contributed by atoms with E-state index in [0.717, 1.165) is 22.5 Å². The van der Waals surface area contributed by atoms with Crippen LogP contribution in [0.25, 0.3) is 11.3 Å². The predicted molar refractivity (Wildman–Crippen MR) is 93.8 cm³/mol. The molecule has 140 valence electrons. The van der Waals surface area contributed by atoms with Crippen LogP contribution in [0.15, 0.2) is 29.4 Å². The van der Waals surface area contributed by atoms with Crippen molar-refractivity contribution in [3.05, 3.63) is 35.5 Å². The first kappa shape index (κ1) is 18.4. The van der Waals surface area contributed by atoms with Gasteiger partial charge in [-0.3, -0.25) is 5.01 Å². The zero-order valence-corrected chi connectivity index (χ0v) is 15.0. The minimum Gasteiger partial charge on any atom is -0.300 e.